The van der Waals surface area contributed by atoms with Gasteiger partial charge in [-0.25, -0.2) is 4.98 Å². The summed E-state index contributed by atoms with van der Waals surface area (Å²) in [6.07, 6.45) is 0. The van der Waals surface area contributed by atoms with Gasteiger partial charge in [0.15, 0.2) is 5.65 Å². The minimum Gasteiger partial charge on any atom is -0.337 e. The highest BCUT2D eigenvalue weighted by Gasteiger charge is 2.30. The molecule has 0 bridgehead atoms. The van der Waals surface area contributed by atoms with Crippen LogP contribution < -0.4 is 5.32 Å². The van der Waals surface area contributed by atoms with Crippen LogP contribution in [0, 0.1) is 35.5 Å². The molecule has 1 atom stereocenters. The Morgan fingerprint density at radius 3 is 2.71 bits per heavy atom. The van der Waals surface area contributed by atoms with E-state index in [0.29, 0.717) is 11.2 Å². The highest BCUT2D eigenvalue weighted by Crippen LogP contribution is 2.29. The molecule has 0 aliphatic heterocycles. The fourth-order valence-corrected chi connectivity index (χ4v) is 3.85. The van der Waals surface area contributed by atoms with Gasteiger partial charge in [0.2, 0.25) is 5.91 Å². The van der Waals surface area contributed by atoms with Crippen molar-refractivity contribution in [3.63, 3.8) is 0 Å². The Labute approximate surface area is 168 Å². The summed E-state index contributed by atoms with van der Waals surface area (Å²) in [6, 6.07) is 14.0. The van der Waals surface area contributed by atoms with Crippen LogP contribution in [0.3, 0.4) is 0 Å². The average Bonchev–Trinajstić information content (AvgIpc) is 3.05. The molecule has 0 radical (unpaired) electrons. The number of carbonyl (C=O) groups excluding carboxylic acids is 1. The van der Waals surface area contributed by atoms with Crippen molar-refractivity contribution >= 4 is 34.3 Å². The number of pyridine rings is 1. The number of aromatic nitrogens is 2. The molecule has 0 spiro atoms. The largest absolute Gasteiger partial charge is 0.337 e. The lowest BCUT2D eigenvalue weighted by atomic mass is 9.90. The van der Waals surface area contributed by atoms with Crippen molar-refractivity contribution in [1.82, 2.24) is 14.7 Å². The number of rotatable bonds is 5. The molecule has 3 aromatic rings. The van der Waals surface area contributed by atoms with Gasteiger partial charge in [-0.3, -0.25) is 9.20 Å². The first kappa shape index (κ1) is 19.7. The standard InChI is InChI=1S/C21H21N5OS/c1-13(2)21(4,12-23)25-18(27)11-28-19-9-14(3)15(10-22)20-24-16-7-5-6-8-17(16)26(19)20/h5-9,13H,11H2,1-4H3,(H,25,27). The highest BCUT2D eigenvalue weighted by molar-refractivity contribution is 7.99. The van der Waals surface area contributed by atoms with Gasteiger partial charge in [0, 0.05) is 0 Å². The number of fused-ring (bicyclic) bond motifs is 3. The van der Waals surface area contributed by atoms with Gasteiger partial charge in [-0.05, 0) is 43.5 Å². The van der Waals surface area contributed by atoms with Crippen LogP contribution in [0.15, 0.2) is 35.4 Å². The molecule has 2 heterocycles. The van der Waals surface area contributed by atoms with Crippen molar-refractivity contribution in [3.8, 4) is 12.1 Å². The second kappa shape index (κ2) is 7.53. The van der Waals surface area contributed by atoms with Gasteiger partial charge < -0.3 is 5.32 Å². The van der Waals surface area contributed by atoms with Gasteiger partial charge in [0.25, 0.3) is 0 Å². The molecule has 1 unspecified atom stereocenters. The molecule has 1 amide bonds. The van der Waals surface area contributed by atoms with E-state index in [1.165, 1.54) is 11.8 Å². The Bertz CT molecular complexity index is 1150. The van der Waals surface area contributed by atoms with E-state index in [-0.39, 0.29) is 17.6 Å². The molecule has 1 N–H and O–H groups in total. The summed E-state index contributed by atoms with van der Waals surface area (Å²) in [5.74, 6) is -0.0491. The van der Waals surface area contributed by atoms with Crippen molar-refractivity contribution in [2.45, 2.75) is 38.3 Å². The number of para-hydroxylation sites is 2. The minimum absolute atomic E-state index is 0.00657. The van der Waals surface area contributed by atoms with Gasteiger partial charge in [-0.15, -0.1) is 0 Å². The Morgan fingerprint density at radius 2 is 2.07 bits per heavy atom. The van der Waals surface area contributed by atoms with E-state index < -0.39 is 5.54 Å². The normalized spacial score (nSPS) is 13.2. The van der Waals surface area contributed by atoms with E-state index in [2.05, 4.69) is 22.4 Å². The number of amides is 1. The van der Waals surface area contributed by atoms with Crippen LogP contribution >= 0.6 is 11.8 Å². The van der Waals surface area contributed by atoms with E-state index in [4.69, 9.17) is 0 Å². The number of nitrogens with zero attached hydrogens (tertiary/aromatic N) is 4. The number of benzene rings is 1. The molecule has 7 heteroatoms. The number of hydrogen-bond acceptors (Lipinski definition) is 5. The molecule has 0 aliphatic carbocycles. The van der Waals surface area contributed by atoms with Crippen LogP contribution in [-0.2, 0) is 4.79 Å². The third kappa shape index (κ3) is 3.42. The molecular weight excluding hydrogens is 370 g/mol. The summed E-state index contributed by atoms with van der Waals surface area (Å²) >= 11 is 1.37. The number of nitriles is 2. The number of aryl methyl sites for hydroxylation is 1. The van der Waals surface area contributed by atoms with Gasteiger partial charge in [0.05, 0.1) is 33.4 Å². The number of thioether (sulfide) groups is 1. The SMILES string of the molecule is Cc1cc(SCC(=O)NC(C)(C#N)C(C)C)n2c(nc3ccccc32)c1C#N. The number of carbonyl (C=O) groups is 1. The highest BCUT2D eigenvalue weighted by atomic mass is 32.2. The fraction of sp³-hybridized carbons (Fsp3) is 0.333. The summed E-state index contributed by atoms with van der Waals surface area (Å²) in [5.41, 5.74) is 2.72. The second-order valence-corrected chi connectivity index (χ2v) is 8.21. The maximum atomic E-state index is 12.5. The zero-order valence-electron chi connectivity index (χ0n) is 16.3. The molecule has 0 saturated heterocycles. The van der Waals surface area contributed by atoms with Crippen LogP contribution in [0.4, 0.5) is 0 Å². The molecule has 142 valence electrons. The van der Waals surface area contributed by atoms with E-state index in [1.54, 1.807) is 6.92 Å². The van der Waals surface area contributed by atoms with E-state index >= 15 is 0 Å². The molecule has 1 aromatic carbocycles. The topological polar surface area (TPSA) is 94.0 Å². The van der Waals surface area contributed by atoms with Gasteiger partial charge >= 0.3 is 0 Å². The van der Waals surface area contributed by atoms with E-state index in [1.807, 2.05) is 55.5 Å². The summed E-state index contributed by atoms with van der Waals surface area (Å²) in [7, 11) is 0. The number of nitrogens with one attached hydrogen (secondary N) is 1. The molecule has 6 nitrogen and oxygen atoms in total. The van der Waals surface area contributed by atoms with Crippen molar-refractivity contribution in [2.75, 3.05) is 5.75 Å². The predicted molar refractivity (Wildman–Crippen MR) is 110 cm³/mol. The Hall–Kier alpha value is -3.03. The van der Waals surface area contributed by atoms with Crippen molar-refractivity contribution < 1.29 is 4.79 Å². The van der Waals surface area contributed by atoms with Crippen LogP contribution in [0.2, 0.25) is 0 Å². The van der Waals surface area contributed by atoms with E-state index in [0.717, 1.165) is 21.6 Å². The molecule has 0 aliphatic rings. The van der Waals surface area contributed by atoms with Crippen LogP contribution in [-0.4, -0.2) is 26.6 Å². The molecule has 2 aromatic heterocycles. The Balaban J connectivity index is 1.97. The van der Waals surface area contributed by atoms with Crippen molar-refractivity contribution in [1.29, 1.82) is 10.5 Å². The lowest BCUT2D eigenvalue weighted by Gasteiger charge is -2.27. The lowest BCUT2D eigenvalue weighted by Crippen LogP contribution is -2.49. The molecule has 28 heavy (non-hydrogen) atoms. The number of imidazole rings is 1. The minimum atomic E-state index is -0.907. The average molecular weight is 392 g/mol. The zero-order valence-corrected chi connectivity index (χ0v) is 17.1. The first-order valence-electron chi connectivity index (χ1n) is 8.96. The first-order valence-corrected chi connectivity index (χ1v) is 9.95. The summed E-state index contributed by atoms with van der Waals surface area (Å²) in [6.45, 7) is 7.41. The smallest absolute Gasteiger partial charge is 0.231 e. The second-order valence-electron chi connectivity index (χ2n) is 7.22. The van der Waals surface area contributed by atoms with Crippen molar-refractivity contribution in [2.24, 2.45) is 5.92 Å². The maximum Gasteiger partial charge on any atom is 0.231 e. The summed E-state index contributed by atoms with van der Waals surface area (Å²) in [4.78, 5) is 17.1. The third-order valence-corrected chi connectivity index (χ3v) is 5.99. The van der Waals surface area contributed by atoms with Gasteiger partial charge in [-0.1, -0.05) is 37.7 Å². The molecular formula is C21H21N5OS. The molecule has 3 rings (SSSR count). The predicted octanol–water partition coefficient (Wildman–Crippen LogP) is 3.81. The maximum absolute atomic E-state index is 12.5. The first-order chi connectivity index (χ1) is 13.3. The van der Waals surface area contributed by atoms with Crippen molar-refractivity contribution in [3.05, 3.63) is 41.5 Å². The van der Waals surface area contributed by atoms with Crippen LogP contribution in [0.5, 0.6) is 0 Å². The quantitative estimate of drug-likeness (QED) is 0.667. The molecule has 0 saturated carbocycles. The zero-order chi connectivity index (χ0) is 20.5. The molecule has 0 fully saturated rings. The Morgan fingerprint density at radius 1 is 1.36 bits per heavy atom. The number of hydrogen-bond donors (Lipinski definition) is 1. The lowest BCUT2D eigenvalue weighted by molar-refractivity contribution is -0.120. The van der Waals surface area contributed by atoms with Gasteiger partial charge in [-0.2, -0.15) is 10.5 Å². The monoisotopic (exact) mass is 391 g/mol. The van der Waals surface area contributed by atoms with Crippen LogP contribution in [0.25, 0.3) is 16.7 Å². The van der Waals surface area contributed by atoms with Gasteiger partial charge in [0.1, 0.15) is 11.6 Å². The van der Waals surface area contributed by atoms with E-state index in [9.17, 15) is 15.3 Å². The van der Waals surface area contributed by atoms with Crippen LogP contribution in [0.1, 0.15) is 31.9 Å². The Kier molecular flexibility index (Phi) is 5.31. The summed E-state index contributed by atoms with van der Waals surface area (Å²) in [5, 5.41) is 22.6. The summed E-state index contributed by atoms with van der Waals surface area (Å²) < 4.78 is 1.92. The fourth-order valence-electron chi connectivity index (χ4n) is 2.93. The third-order valence-electron chi connectivity index (χ3n) is 4.99.